The minimum Gasteiger partial charge on any atom is -0.507 e. The molecule has 8 heteroatoms. The monoisotopic (exact) mass is 477 g/mol. The van der Waals surface area contributed by atoms with E-state index in [1.54, 1.807) is 42.5 Å². The predicted molar refractivity (Wildman–Crippen MR) is 132 cm³/mol. The van der Waals surface area contributed by atoms with Gasteiger partial charge in [0.15, 0.2) is 11.9 Å². The zero-order valence-electron chi connectivity index (χ0n) is 19.4. The second-order valence-electron chi connectivity index (χ2n) is 7.90. The molecule has 2 atom stereocenters. The Hall–Kier alpha value is -4.17. The molecule has 0 aliphatic carbocycles. The molecule has 3 aromatic rings. The van der Waals surface area contributed by atoms with Gasteiger partial charge in [-0.3, -0.25) is 10.1 Å². The Morgan fingerprint density at radius 2 is 1.69 bits per heavy atom. The Bertz CT molecular complexity index is 1230. The second kappa shape index (κ2) is 11.8. The van der Waals surface area contributed by atoms with Crippen LogP contribution in [-0.4, -0.2) is 41.3 Å². The van der Waals surface area contributed by atoms with Gasteiger partial charge < -0.3 is 19.7 Å². The molecular weight excluding hydrogens is 450 g/mol. The van der Waals surface area contributed by atoms with Crippen molar-refractivity contribution in [3.05, 3.63) is 83.9 Å². The highest BCUT2D eigenvalue weighted by Gasteiger charge is 2.29. The highest BCUT2D eigenvalue weighted by atomic mass is 16.6. The summed E-state index contributed by atoms with van der Waals surface area (Å²) in [4.78, 5) is 35.1. The number of phenolic OH excluding ortho intramolecular Hbond substituents is 1. The van der Waals surface area contributed by atoms with Gasteiger partial charge in [0.05, 0.1) is 6.10 Å². The molecule has 3 N–H and O–H groups in total. The normalized spacial score (nSPS) is 12.9. The number of rotatable bonds is 10. The fourth-order valence-electron chi connectivity index (χ4n) is 3.78. The molecule has 0 aliphatic heterocycles. The molecule has 8 nitrogen and oxygen atoms in total. The maximum atomic E-state index is 12.9. The Morgan fingerprint density at radius 1 is 1.00 bits per heavy atom. The second-order valence-corrected chi connectivity index (χ2v) is 7.90. The third-order valence-electron chi connectivity index (χ3n) is 5.53. The Labute approximate surface area is 202 Å². The molecule has 3 rings (SSSR count). The van der Waals surface area contributed by atoms with Gasteiger partial charge in [-0.1, -0.05) is 36.4 Å². The number of aromatic hydroxyl groups is 1. The third kappa shape index (κ3) is 6.68. The van der Waals surface area contributed by atoms with E-state index in [1.807, 2.05) is 12.1 Å². The number of phenols is 1. The van der Waals surface area contributed by atoms with Crippen LogP contribution in [-0.2, 0) is 14.3 Å². The first-order chi connectivity index (χ1) is 16.8. The summed E-state index contributed by atoms with van der Waals surface area (Å²) >= 11 is 0. The van der Waals surface area contributed by atoms with Gasteiger partial charge in [0.25, 0.3) is 0 Å². The molecule has 1 amide bonds. The number of nitrogens with one attached hydrogen (secondary N) is 1. The number of aliphatic carboxylic acids is 1. The van der Waals surface area contributed by atoms with E-state index in [9.17, 15) is 19.5 Å². The third-order valence-corrected chi connectivity index (χ3v) is 5.53. The summed E-state index contributed by atoms with van der Waals surface area (Å²) in [6.45, 7) is 1.46. The van der Waals surface area contributed by atoms with E-state index in [2.05, 4.69) is 5.32 Å². The smallest absolute Gasteiger partial charge is 0.412 e. The zero-order valence-corrected chi connectivity index (χ0v) is 19.4. The fraction of sp³-hybridized carbons (Fsp3) is 0.222. The van der Waals surface area contributed by atoms with E-state index >= 15 is 0 Å². The molecule has 0 heterocycles. The van der Waals surface area contributed by atoms with Crippen LogP contribution in [0.2, 0.25) is 0 Å². The standard InChI is InChI=1S/C27H27NO7/c1-17(29)18-11-13-19(14-12-18)28-27(33)35-26(24(34-2)9-5-6-10-25(31)32)22-15-16-23(30)21-8-4-3-7-20(21)22/h3-4,6-8,10-16,24,26,30H,5,9H2,1-2H3,(H,28,33)(H,31,32)/b10-6+/t24-,26-/m0/s1. The van der Waals surface area contributed by atoms with Gasteiger partial charge in [-0.2, -0.15) is 0 Å². The molecule has 0 radical (unpaired) electrons. The van der Waals surface area contributed by atoms with Crippen molar-refractivity contribution in [2.45, 2.75) is 32.0 Å². The molecule has 35 heavy (non-hydrogen) atoms. The van der Waals surface area contributed by atoms with Crippen LogP contribution in [0.5, 0.6) is 5.75 Å². The van der Waals surface area contributed by atoms with E-state index < -0.39 is 24.3 Å². The van der Waals surface area contributed by atoms with Crippen molar-refractivity contribution >= 4 is 34.3 Å². The van der Waals surface area contributed by atoms with Crippen LogP contribution < -0.4 is 5.32 Å². The van der Waals surface area contributed by atoms with Crippen LogP contribution in [0.25, 0.3) is 10.8 Å². The maximum absolute atomic E-state index is 12.9. The SMILES string of the molecule is CO[C@@H](CC/C=C/C(=O)O)[C@@H](OC(=O)Nc1ccc(C(C)=O)cc1)c1ccc(O)c2ccccc12. The summed E-state index contributed by atoms with van der Waals surface area (Å²) < 4.78 is 11.5. The van der Waals surface area contributed by atoms with Crippen molar-refractivity contribution in [1.82, 2.24) is 0 Å². The topological polar surface area (TPSA) is 122 Å². The minimum atomic E-state index is -1.05. The number of hydrogen-bond donors (Lipinski definition) is 3. The summed E-state index contributed by atoms with van der Waals surface area (Å²) in [7, 11) is 1.49. The number of anilines is 1. The van der Waals surface area contributed by atoms with Crippen LogP contribution in [0.4, 0.5) is 10.5 Å². The number of fused-ring (bicyclic) bond motifs is 1. The van der Waals surface area contributed by atoms with E-state index in [0.717, 1.165) is 6.08 Å². The van der Waals surface area contributed by atoms with Crippen LogP contribution in [0.3, 0.4) is 0 Å². The van der Waals surface area contributed by atoms with Gasteiger partial charge in [-0.15, -0.1) is 0 Å². The highest BCUT2D eigenvalue weighted by molar-refractivity contribution is 5.95. The molecular formula is C27H27NO7. The van der Waals surface area contributed by atoms with Crippen LogP contribution in [0.1, 0.15) is 41.8 Å². The number of methoxy groups -OCH3 is 1. The predicted octanol–water partition coefficient (Wildman–Crippen LogP) is 5.47. The fourth-order valence-corrected chi connectivity index (χ4v) is 3.78. The average Bonchev–Trinajstić information content (AvgIpc) is 2.84. The van der Waals surface area contributed by atoms with Gasteiger partial charge in [0.2, 0.25) is 0 Å². The number of benzene rings is 3. The van der Waals surface area contributed by atoms with Crippen LogP contribution in [0, 0.1) is 0 Å². The minimum absolute atomic E-state index is 0.0849. The summed E-state index contributed by atoms with van der Waals surface area (Å²) in [5.74, 6) is -1.04. The maximum Gasteiger partial charge on any atom is 0.412 e. The number of ketones is 1. The number of Topliss-reactive ketones (excluding diaryl/α,β-unsaturated/α-hetero) is 1. The molecule has 0 saturated heterocycles. The molecule has 182 valence electrons. The number of allylic oxidation sites excluding steroid dienone is 1. The number of hydrogen-bond acceptors (Lipinski definition) is 6. The van der Waals surface area contributed by atoms with Gasteiger partial charge in [0, 0.05) is 35.4 Å². The lowest BCUT2D eigenvalue weighted by atomic mass is 9.94. The summed E-state index contributed by atoms with van der Waals surface area (Å²) in [6, 6.07) is 16.8. The first-order valence-corrected chi connectivity index (χ1v) is 11.0. The molecule has 0 saturated carbocycles. The molecule has 0 spiro atoms. The average molecular weight is 478 g/mol. The van der Waals surface area contributed by atoms with Crippen molar-refractivity contribution in [2.24, 2.45) is 0 Å². The van der Waals surface area contributed by atoms with Gasteiger partial charge in [-0.25, -0.2) is 9.59 Å². The van der Waals surface area contributed by atoms with Crippen molar-refractivity contribution in [3.8, 4) is 5.75 Å². The molecule has 0 aromatic heterocycles. The van der Waals surface area contributed by atoms with Crippen LogP contribution >= 0.6 is 0 Å². The van der Waals surface area contributed by atoms with E-state index in [1.165, 1.54) is 26.2 Å². The van der Waals surface area contributed by atoms with Crippen molar-refractivity contribution in [1.29, 1.82) is 0 Å². The number of carboxylic acids is 1. The van der Waals surface area contributed by atoms with Crippen LogP contribution in [0.15, 0.2) is 72.8 Å². The lowest BCUT2D eigenvalue weighted by Gasteiger charge is -2.27. The number of carbonyl (C=O) groups is 3. The lowest BCUT2D eigenvalue weighted by molar-refractivity contribution is -0.131. The van der Waals surface area contributed by atoms with Crippen molar-refractivity contribution in [2.75, 3.05) is 12.4 Å². The molecule has 0 fully saturated rings. The number of ether oxygens (including phenoxy) is 2. The van der Waals surface area contributed by atoms with Gasteiger partial charge in [-0.05, 0) is 55.5 Å². The Kier molecular flexibility index (Phi) is 8.58. The zero-order chi connectivity index (χ0) is 25.4. The largest absolute Gasteiger partial charge is 0.507 e. The Morgan fingerprint density at radius 3 is 2.31 bits per heavy atom. The van der Waals surface area contributed by atoms with E-state index in [4.69, 9.17) is 14.6 Å². The lowest BCUT2D eigenvalue weighted by Crippen LogP contribution is -2.28. The van der Waals surface area contributed by atoms with Crippen molar-refractivity contribution < 1.29 is 34.1 Å². The van der Waals surface area contributed by atoms with E-state index in [0.29, 0.717) is 40.4 Å². The summed E-state index contributed by atoms with van der Waals surface area (Å²) in [5.41, 5.74) is 1.61. The molecule has 3 aromatic carbocycles. The number of carboxylic acid groups (broad SMARTS) is 1. The molecule has 0 bridgehead atoms. The highest BCUT2D eigenvalue weighted by Crippen LogP contribution is 2.36. The first kappa shape index (κ1) is 25.5. The number of carbonyl (C=O) groups excluding carboxylic acids is 2. The first-order valence-electron chi connectivity index (χ1n) is 11.0. The molecule has 0 aliphatic rings. The quantitative estimate of drug-likeness (QED) is 0.261. The molecule has 0 unspecified atom stereocenters. The Balaban J connectivity index is 1.90. The van der Waals surface area contributed by atoms with Crippen molar-refractivity contribution in [3.63, 3.8) is 0 Å². The summed E-state index contributed by atoms with van der Waals surface area (Å²) in [5, 5.41) is 23.1. The summed E-state index contributed by atoms with van der Waals surface area (Å²) in [6.07, 6.45) is 1.13. The van der Waals surface area contributed by atoms with Gasteiger partial charge >= 0.3 is 12.1 Å². The van der Waals surface area contributed by atoms with Gasteiger partial charge in [0.1, 0.15) is 5.75 Å². The van der Waals surface area contributed by atoms with E-state index in [-0.39, 0.29) is 11.5 Å². The number of amides is 1.